The Morgan fingerprint density at radius 1 is 1.20 bits per heavy atom. The van der Waals surface area contributed by atoms with Crippen LogP contribution in [0.2, 0.25) is 5.02 Å². The maximum Gasteiger partial charge on any atom is 0.145 e. The maximum absolute atomic E-state index is 5.95. The average molecular weight is 286 g/mol. The second-order valence-electron chi connectivity index (χ2n) is 6.46. The van der Waals surface area contributed by atoms with E-state index in [9.17, 15) is 0 Å². The van der Waals surface area contributed by atoms with Gasteiger partial charge >= 0.3 is 0 Å². The standard InChI is InChI=1S/C17H16ClNO/c18-14-4-1-3-13(9-14)5-6-15-10-17(20-19-15)11-16(12-17)7-2-8-16/h1,3-4,9H,2,7-8,10-12H2. The van der Waals surface area contributed by atoms with Gasteiger partial charge < -0.3 is 4.84 Å². The fourth-order valence-corrected chi connectivity index (χ4v) is 4.02. The molecule has 1 aromatic carbocycles. The fourth-order valence-electron chi connectivity index (χ4n) is 3.83. The molecule has 1 heterocycles. The molecule has 2 aliphatic carbocycles. The van der Waals surface area contributed by atoms with Crippen molar-refractivity contribution in [2.45, 2.75) is 44.1 Å². The lowest BCUT2D eigenvalue weighted by molar-refractivity contribution is -0.180. The van der Waals surface area contributed by atoms with Crippen LogP contribution in [0.3, 0.4) is 0 Å². The van der Waals surface area contributed by atoms with Crippen molar-refractivity contribution in [3.8, 4) is 11.8 Å². The number of halogens is 1. The molecule has 4 rings (SSSR count). The lowest BCUT2D eigenvalue weighted by Crippen LogP contribution is -2.55. The first-order chi connectivity index (χ1) is 9.67. The van der Waals surface area contributed by atoms with Gasteiger partial charge in [0.25, 0.3) is 0 Å². The third-order valence-electron chi connectivity index (χ3n) is 4.82. The van der Waals surface area contributed by atoms with Gasteiger partial charge in [-0.15, -0.1) is 0 Å². The minimum atomic E-state index is -0.0151. The molecular formula is C17H16ClNO. The zero-order chi connectivity index (χ0) is 13.6. The van der Waals surface area contributed by atoms with Gasteiger partial charge in [0.1, 0.15) is 11.3 Å². The van der Waals surface area contributed by atoms with E-state index >= 15 is 0 Å². The van der Waals surface area contributed by atoms with Gasteiger partial charge in [-0.1, -0.05) is 35.2 Å². The van der Waals surface area contributed by atoms with Crippen LogP contribution in [-0.4, -0.2) is 11.3 Å². The second kappa shape index (κ2) is 4.27. The van der Waals surface area contributed by atoms with Crippen molar-refractivity contribution in [3.63, 3.8) is 0 Å². The second-order valence-corrected chi connectivity index (χ2v) is 6.89. The first-order valence-electron chi connectivity index (χ1n) is 7.20. The van der Waals surface area contributed by atoms with E-state index in [1.54, 1.807) is 0 Å². The van der Waals surface area contributed by atoms with Crippen molar-refractivity contribution in [2.24, 2.45) is 10.6 Å². The Bertz CT molecular complexity index is 640. The Hall–Kier alpha value is -1.46. The molecule has 2 fully saturated rings. The van der Waals surface area contributed by atoms with Crippen molar-refractivity contribution in [3.05, 3.63) is 34.9 Å². The molecule has 2 spiro atoms. The third-order valence-corrected chi connectivity index (χ3v) is 5.06. The SMILES string of the molecule is Clc1cccc(C#CC2=NOC3(C2)CC2(CCC2)C3)c1. The van der Waals surface area contributed by atoms with Gasteiger partial charge in [-0.2, -0.15) is 0 Å². The molecule has 2 saturated carbocycles. The Morgan fingerprint density at radius 2 is 2.05 bits per heavy atom. The normalized spacial score (nSPS) is 24.1. The van der Waals surface area contributed by atoms with Crippen molar-refractivity contribution in [1.29, 1.82) is 0 Å². The smallest absolute Gasteiger partial charge is 0.145 e. The molecule has 2 nitrogen and oxygen atoms in total. The van der Waals surface area contributed by atoms with Gasteiger partial charge in [0.2, 0.25) is 0 Å². The molecule has 0 amide bonds. The summed E-state index contributed by atoms with van der Waals surface area (Å²) in [5.74, 6) is 6.25. The average Bonchev–Trinajstić information content (AvgIpc) is 2.76. The van der Waals surface area contributed by atoms with Gasteiger partial charge in [0.05, 0.1) is 0 Å². The molecule has 1 aromatic rings. The summed E-state index contributed by atoms with van der Waals surface area (Å²) in [5.41, 5.74) is 2.38. The largest absolute Gasteiger partial charge is 0.388 e. The van der Waals surface area contributed by atoms with Crippen molar-refractivity contribution in [2.75, 3.05) is 0 Å². The van der Waals surface area contributed by atoms with Gasteiger partial charge in [-0.25, -0.2) is 0 Å². The molecule has 0 atom stereocenters. The number of hydrogen-bond acceptors (Lipinski definition) is 2. The van der Waals surface area contributed by atoms with E-state index in [0.29, 0.717) is 10.4 Å². The molecule has 1 aliphatic heterocycles. The highest BCUT2D eigenvalue weighted by Crippen LogP contribution is 2.63. The molecule has 0 radical (unpaired) electrons. The van der Waals surface area contributed by atoms with Crippen LogP contribution in [0.15, 0.2) is 29.4 Å². The monoisotopic (exact) mass is 285 g/mol. The molecule has 0 bridgehead atoms. The number of hydrogen-bond donors (Lipinski definition) is 0. The number of rotatable bonds is 0. The van der Waals surface area contributed by atoms with E-state index in [1.165, 1.54) is 32.1 Å². The Labute approximate surface area is 124 Å². The van der Waals surface area contributed by atoms with E-state index in [2.05, 4.69) is 17.0 Å². The molecule has 0 aromatic heterocycles. The van der Waals surface area contributed by atoms with E-state index in [4.69, 9.17) is 16.4 Å². The summed E-state index contributed by atoms with van der Waals surface area (Å²) in [6, 6.07) is 7.59. The van der Waals surface area contributed by atoms with Crippen LogP contribution in [-0.2, 0) is 4.84 Å². The number of benzene rings is 1. The van der Waals surface area contributed by atoms with Gasteiger partial charge in [-0.05, 0) is 55.2 Å². The zero-order valence-electron chi connectivity index (χ0n) is 11.3. The summed E-state index contributed by atoms with van der Waals surface area (Å²) >= 11 is 5.95. The third kappa shape index (κ3) is 2.01. The Balaban J connectivity index is 1.42. The molecule has 102 valence electrons. The molecule has 0 N–H and O–H groups in total. The summed E-state index contributed by atoms with van der Waals surface area (Å²) in [7, 11) is 0. The summed E-state index contributed by atoms with van der Waals surface area (Å²) in [4.78, 5) is 5.69. The molecule has 3 aliphatic rings. The van der Waals surface area contributed by atoms with Gasteiger partial charge in [0, 0.05) is 17.0 Å². The van der Waals surface area contributed by atoms with Crippen LogP contribution >= 0.6 is 11.6 Å². The lowest BCUT2D eigenvalue weighted by Gasteiger charge is -2.57. The van der Waals surface area contributed by atoms with E-state index < -0.39 is 0 Å². The highest BCUT2D eigenvalue weighted by molar-refractivity contribution is 6.30. The molecule has 0 unspecified atom stereocenters. The molecule has 20 heavy (non-hydrogen) atoms. The van der Waals surface area contributed by atoms with E-state index in [0.717, 1.165) is 17.7 Å². The lowest BCUT2D eigenvalue weighted by atomic mass is 9.49. The Kier molecular flexibility index (Phi) is 2.62. The summed E-state index contributed by atoms with van der Waals surface area (Å²) in [5, 5.41) is 4.89. The maximum atomic E-state index is 5.95. The minimum Gasteiger partial charge on any atom is -0.388 e. The van der Waals surface area contributed by atoms with Crippen LogP contribution in [0.1, 0.15) is 44.1 Å². The number of oxime groups is 1. The van der Waals surface area contributed by atoms with Crippen molar-refractivity contribution >= 4 is 17.3 Å². The van der Waals surface area contributed by atoms with Gasteiger partial charge in [0.15, 0.2) is 0 Å². The zero-order valence-corrected chi connectivity index (χ0v) is 12.0. The summed E-state index contributed by atoms with van der Waals surface area (Å²) < 4.78 is 0. The summed E-state index contributed by atoms with van der Waals surface area (Å²) in [6.07, 6.45) is 7.36. The van der Waals surface area contributed by atoms with Crippen LogP contribution in [0.25, 0.3) is 0 Å². The van der Waals surface area contributed by atoms with Crippen LogP contribution in [0, 0.1) is 17.3 Å². The first-order valence-corrected chi connectivity index (χ1v) is 7.58. The van der Waals surface area contributed by atoms with Crippen LogP contribution in [0.5, 0.6) is 0 Å². The van der Waals surface area contributed by atoms with E-state index in [-0.39, 0.29) is 5.60 Å². The predicted molar refractivity (Wildman–Crippen MR) is 79.7 cm³/mol. The van der Waals surface area contributed by atoms with E-state index in [1.807, 2.05) is 24.3 Å². The molecule has 3 heteroatoms. The minimum absolute atomic E-state index is 0.0151. The summed E-state index contributed by atoms with van der Waals surface area (Å²) in [6.45, 7) is 0. The van der Waals surface area contributed by atoms with Crippen LogP contribution < -0.4 is 0 Å². The van der Waals surface area contributed by atoms with Crippen LogP contribution in [0.4, 0.5) is 0 Å². The van der Waals surface area contributed by atoms with Crippen molar-refractivity contribution < 1.29 is 4.84 Å². The predicted octanol–water partition coefficient (Wildman–Crippen LogP) is 4.17. The topological polar surface area (TPSA) is 21.6 Å². The van der Waals surface area contributed by atoms with Gasteiger partial charge in [-0.3, -0.25) is 0 Å². The number of nitrogens with zero attached hydrogens (tertiary/aromatic N) is 1. The fraction of sp³-hybridized carbons (Fsp3) is 0.471. The van der Waals surface area contributed by atoms with Crippen molar-refractivity contribution in [1.82, 2.24) is 0 Å². The molecular weight excluding hydrogens is 270 g/mol. The molecule has 0 saturated heterocycles. The first kappa shape index (κ1) is 12.3. The quantitative estimate of drug-likeness (QED) is 0.656. The highest BCUT2D eigenvalue weighted by Gasteiger charge is 2.60. The Morgan fingerprint density at radius 3 is 2.75 bits per heavy atom. The highest BCUT2D eigenvalue weighted by atomic mass is 35.5.